The first-order valence-corrected chi connectivity index (χ1v) is 11.6. The maximum absolute atomic E-state index is 12.9. The van der Waals surface area contributed by atoms with Crippen molar-refractivity contribution in [1.82, 2.24) is 14.9 Å². The van der Waals surface area contributed by atoms with Gasteiger partial charge in [0.25, 0.3) is 0 Å². The smallest absolute Gasteiger partial charge is 0.225 e. The highest BCUT2D eigenvalue weighted by Crippen LogP contribution is 2.28. The van der Waals surface area contributed by atoms with Gasteiger partial charge in [-0.05, 0) is 44.4 Å². The molecule has 0 radical (unpaired) electrons. The molecule has 1 aliphatic carbocycles. The van der Waals surface area contributed by atoms with Gasteiger partial charge < -0.3 is 14.5 Å². The molecule has 0 unspecified atom stereocenters. The summed E-state index contributed by atoms with van der Waals surface area (Å²) in [7, 11) is 1.68. The number of carbonyl (C=O) groups excluding carboxylic acids is 1. The van der Waals surface area contributed by atoms with Crippen LogP contribution >= 0.6 is 0 Å². The molecule has 2 heterocycles. The molecule has 31 heavy (non-hydrogen) atoms. The van der Waals surface area contributed by atoms with E-state index < -0.39 is 0 Å². The van der Waals surface area contributed by atoms with Crippen LogP contribution in [-0.4, -0.2) is 54.1 Å². The fraction of sp³-hybridized carbons (Fsp3) is 0.560. The monoisotopic (exact) mass is 422 g/mol. The van der Waals surface area contributed by atoms with Crippen LogP contribution in [-0.2, 0) is 11.2 Å². The van der Waals surface area contributed by atoms with Crippen LogP contribution in [0.3, 0.4) is 0 Å². The Bertz CT molecular complexity index is 898. The van der Waals surface area contributed by atoms with Crippen molar-refractivity contribution in [3.63, 3.8) is 0 Å². The predicted molar refractivity (Wildman–Crippen MR) is 123 cm³/mol. The standard InChI is InChI=1S/C25H34N4O2/c1-18-23(17-20-9-11-22(31-3)12-10-20)24(27-19(2)26-18)28-13-15-29(16-14-28)25(30)21-7-5-4-6-8-21/h9-12,21H,4-8,13-17H2,1-3H3. The van der Waals surface area contributed by atoms with Gasteiger partial charge in [0.2, 0.25) is 5.91 Å². The number of hydrogen-bond acceptors (Lipinski definition) is 5. The molecule has 1 aromatic carbocycles. The molecule has 1 saturated heterocycles. The first-order valence-electron chi connectivity index (χ1n) is 11.6. The normalized spacial score (nSPS) is 17.6. The van der Waals surface area contributed by atoms with Crippen molar-refractivity contribution in [2.45, 2.75) is 52.4 Å². The number of aryl methyl sites for hydroxylation is 2. The van der Waals surface area contributed by atoms with Crippen LogP contribution < -0.4 is 9.64 Å². The lowest BCUT2D eigenvalue weighted by Gasteiger charge is -2.38. The average Bonchev–Trinajstić information content (AvgIpc) is 2.81. The Morgan fingerprint density at radius 3 is 2.32 bits per heavy atom. The highest BCUT2D eigenvalue weighted by atomic mass is 16.5. The minimum absolute atomic E-state index is 0.245. The summed E-state index contributed by atoms with van der Waals surface area (Å²) in [5.41, 5.74) is 3.41. The summed E-state index contributed by atoms with van der Waals surface area (Å²) in [5, 5.41) is 0. The Labute approximate surface area is 185 Å². The number of hydrogen-bond donors (Lipinski definition) is 0. The van der Waals surface area contributed by atoms with Gasteiger partial charge in [-0.3, -0.25) is 4.79 Å². The lowest BCUT2D eigenvalue weighted by molar-refractivity contribution is -0.136. The maximum Gasteiger partial charge on any atom is 0.225 e. The number of carbonyl (C=O) groups is 1. The topological polar surface area (TPSA) is 58.6 Å². The van der Waals surface area contributed by atoms with E-state index in [0.29, 0.717) is 5.91 Å². The molecule has 1 aromatic heterocycles. The van der Waals surface area contributed by atoms with Crippen molar-refractivity contribution in [1.29, 1.82) is 0 Å². The van der Waals surface area contributed by atoms with Crippen molar-refractivity contribution in [3.8, 4) is 5.75 Å². The number of nitrogens with zero attached hydrogens (tertiary/aromatic N) is 4. The van der Waals surface area contributed by atoms with Gasteiger partial charge in [0.15, 0.2) is 0 Å². The van der Waals surface area contributed by atoms with Crippen molar-refractivity contribution in [2.24, 2.45) is 5.92 Å². The molecule has 0 N–H and O–H groups in total. The molecule has 1 aliphatic heterocycles. The van der Waals surface area contributed by atoms with E-state index in [0.717, 1.165) is 68.5 Å². The Morgan fingerprint density at radius 1 is 1.00 bits per heavy atom. The number of ether oxygens (including phenoxy) is 1. The predicted octanol–water partition coefficient (Wildman–Crippen LogP) is 3.92. The summed E-state index contributed by atoms with van der Waals surface area (Å²) in [6.07, 6.45) is 6.59. The first kappa shape index (κ1) is 21.6. The van der Waals surface area contributed by atoms with Gasteiger partial charge in [-0.25, -0.2) is 9.97 Å². The van der Waals surface area contributed by atoms with Crippen LogP contribution in [0.15, 0.2) is 24.3 Å². The molecule has 2 aliphatic rings. The Hall–Kier alpha value is -2.63. The number of amides is 1. The van der Waals surface area contributed by atoms with Crippen LogP contribution in [0, 0.1) is 19.8 Å². The van der Waals surface area contributed by atoms with Gasteiger partial charge in [0.1, 0.15) is 17.4 Å². The third kappa shape index (κ3) is 5.00. The third-order valence-corrected chi connectivity index (χ3v) is 6.69. The molecule has 0 atom stereocenters. The Kier molecular flexibility index (Phi) is 6.73. The van der Waals surface area contributed by atoms with E-state index in [9.17, 15) is 4.79 Å². The molecule has 1 saturated carbocycles. The highest BCUT2D eigenvalue weighted by Gasteiger charge is 2.29. The molecule has 4 rings (SSSR count). The zero-order valence-electron chi connectivity index (χ0n) is 19.1. The summed E-state index contributed by atoms with van der Waals surface area (Å²) in [6, 6.07) is 8.19. The molecular weight excluding hydrogens is 388 g/mol. The number of anilines is 1. The number of piperazine rings is 1. The molecule has 1 amide bonds. The van der Waals surface area contributed by atoms with E-state index >= 15 is 0 Å². The molecule has 6 nitrogen and oxygen atoms in total. The van der Waals surface area contributed by atoms with E-state index in [1.807, 2.05) is 19.1 Å². The van der Waals surface area contributed by atoms with Crippen molar-refractivity contribution in [2.75, 3.05) is 38.2 Å². The average molecular weight is 423 g/mol. The van der Waals surface area contributed by atoms with E-state index in [2.05, 4.69) is 33.8 Å². The van der Waals surface area contributed by atoms with Crippen LogP contribution in [0.4, 0.5) is 5.82 Å². The summed E-state index contributed by atoms with van der Waals surface area (Å²) in [4.78, 5) is 26.8. The van der Waals surface area contributed by atoms with E-state index in [1.54, 1.807) is 7.11 Å². The van der Waals surface area contributed by atoms with E-state index in [4.69, 9.17) is 9.72 Å². The second-order valence-electron chi connectivity index (χ2n) is 8.83. The Balaban J connectivity index is 1.48. The lowest BCUT2D eigenvalue weighted by Crippen LogP contribution is -2.51. The van der Waals surface area contributed by atoms with Crippen molar-refractivity contribution in [3.05, 3.63) is 46.9 Å². The Morgan fingerprint density at radius 2 is 1.68 bits per heavy atom. The van der Waals surface area contributed by atoms with Crippen LogP contribution in [0.2, 0.25) is 0 Å². The molecule has 0 bridgehead atoms. The van der Waals surface area contributed by atoms with Gasteiger partial charge in [-0.2, -0.15) is 0 Å². The summed E-state index contributed by atoms with van der Waals surface area (Å²) in [6.45, 7) is 7.23. The fourth-order valence-corrected chi connectivity index (χ4v) is 4.88. The van der Waals surface area contributed by atoms with Gasteiger partial charge in [0, 0.05) is 49.8 Å². The quantitative estimate of drug-likeness (QED) is 0.731. The second kappa shape index (κ2) is 9.67. The zero-order valence-corrected chi connectivity index (χ0v) is 19.1. The molecular formula is C25H34N4O2. The van der Waals surface area contributed by atoms with Gasteiger partial charge in [-0.1, -0.05) is 31.4 Å². The van der Waals surface area contributed by atoms with Crippen LogP contribution in [0.1, 0.15) is 54.7 Å². The lowest BCUT2D eigenvalue weighted by atomic mass is 9.88. The second-order valence-corrected chi connectivity index (χ2v) is 8.83. The summed E-state index contributed by atoms with van der Waals surface area (Å²) < 4.78 is 5.29. The van der Waals surface area contributed by atoms with Crippen LogP contribution in [0.25, 0.3) is 0 Å². The number of rotatable bonds is 5. The van der Waals surface area contributed by atoms with Crippen LogP contribution in [0.5, 0.6) is 5.75 Å². The first-order chi connectivity index (χ1) is 15.0. The van der Waals surface area contributed by atoms with Crippen molar-refractivity contribution < 1.29 is 9.53 Å². The van der Waals surface area contributed by atoms with E-state index in [1.165, 1.54) is 30.4 Å². The summed E-state index contributed by atoms with van der Waals surface area (Å²) >= 11 is 0. The minimum Gasteiger partial charge on any atom is -0.497 e. The molecule has 6 heteroatoms. The number of methoxy groups -OCH3 is 1. The highest BCUT2D eigenvalue weighted by molar-refractivity contribution is 5.79. The van der Waals surface area contributed by atoms with Gasteiger partial charge in [0.05, 0.1) is 7.11 Å². The summed E-state index contributed by atoms with van der Waals surface area (Å²) in [5.74, 6) is 3.29. The maximum atomic E-state index is 12.9. The third-order valence-electron chi connectivity index (χ3n) is 6.69. The largest absolute Gasteiger partial charge is 0.497 e. The minimum atomic E-state index is 0.245. The molecule has 0 spiro atoms. The van der Waals surface area contributed by atoms with E-state index in [-0.39, 0.29) is 5.92 Å². The molecule has 2 aromatic rings. The molecule has 2 fully saturated rings. The van der Waals surface area contributed by atoms with Gasteiger partial charge in [-0.15, -0.1) is 0 Å². The fourth-order valence-electron chi connectivity index (χ4n) is 4.88. The number of benzene rings is 1. The zero-order chi connectivity index (χ0) is 21.8. The SMILES string of the molecule is COc1ccc(Cc2c(C)nc(C)nc2N2CCN(C(=O)C3CCCCC3)CC2)cc1. The number of aromatic nitrogens is 2. The molecule has 166 valence electrons. The van der Waals surface area contributed by atoms with Gasteiger partial charge >= 0.3 is 0 Å². The van der Waals surface area contributed by atoms with Crippen molar-refractivity contribution >= 4 is 11.7 Å².